The summed E-state index contributed by atoms with van der Waals surface area (Å²) in [4.78, 5) is 27.4. The summed E-state index contributed by atoms with van der Waals surface area (Å²) in [5, 5.41) is 5.29. The van der Waals surface area contributed by atoms with E-state index in [1.807, 2.05) is 0 Å². The van der Waals surface area contributed by atoms with Crippen LogP contribution in [0.3, 0.4) is 0 Å². The summed E-state index contributed by atoms with van der Waals surface area (Å²) < 4.78 is 64.7. The van der Waals surface area contributed by atoms with Gasteiger partial charge in [-0.3, -0.25) is 14.5 Å². The standard InChI is InChI=1S/C28H34F3N3O4S/c29-28(30,31)21-8-6-7-20(17-21)27(36)32-18-26(35)33-22-12-14-23(15-13-22)34-16-5-4-9-24(34)19-39(37,38)25-10-2-1-3-11-25/h1-3,6-8,10-11,17,22-24H,4-5,9,12-16,18-19H2,(H,32,36)(H,33,35). The summed E-state index contributed by atoms with van der Waals surface area (Å²) in [6, 6.07) is 12.7. The average Bonchev–Trinajstić information content (AvgIpc) is 2.92. The molecular formula is C28H34F3N3O4S. The molecule has 2 amide bonds. The number of rotatable bonds is 8. The van der Waals surface area contributed by atoms with Crippen LogP contribution in [-0.2, 0) is 20.8 Å². The smallest absolute Gasteiger partial charge is 0.352 e. The number of piperidine rings is 1. The van der Waals surface area contributed by atoms with Gasteiger partial charge < -0.3 is 10.6 Å². The zero-order chi connectivity index (χ0) is 28.0. The highest BCUT2D eigenvalue weighted by atomic mass is 32.2. The summed E-state index contributed by atoms with van der Waals surface area (Å²) in [7, 11) is -3.39. The van der Waals surface area contributed by atoms with Crippen LogP contribution in [-0.4, -0.2) is 62.1 Å². The summed E-state index contributed by atoms with van der Waals surface area (Å²) in [5.41, 5.74) is -1.09. The van der Waals surface area contributed by atoms with Crippen molar-refractivity contribution >= 4 is 21.7 Å². The topological polar surface area (TPSA) is 95.6 Å². The van der Waals surface area contributed by atoms with Crippen LogP contribution in [0.15, 0.2) is 59.5 Å². The lowest BCUT2D eigenvalue weighted by molar-refractivity contribution is -0.137. The van der Waals surface area contributed by atoms with Crippen LogP contribution in [0.4, 0.5) is 13.2 Å². The van der Waals surface area contributed by atoms with E-state index in [-0.39, 0.29) is 36.0 Å². The first-order valence-electron chi connectivity index (χ1n) is 13.3. The number of amides is 2. The lowest BCUT2D eigenvalue weighted by Crippen LogP contribution is -2.52. The molecule has 1 atom stereocenters. The number of nitrogens with one attached hydrogen (secondary N) is 2. The molecule has 7 nitrogen and oxygen atoms in total. The van der Waals surface area contributed by atoms with Gasteiger partial charge in [0, 0.05) is 23.7 Å². The third-order valence-electron chi connectivity index (χ3n) is 7.58. The van der Waals surface area contributed by atoms with E-state index in [9.17, 15) is 31.2 Å². The normalized spacial score (nSPS) is 22.7. The molecule has 2 aromatic rings. The third kappa shape index (κ3) is 7.82. The quantitative estimate of drug-likeness (QED) is 0.501. The molecule has 212 valence electrons. The predicted molar refractivity (Wildman–Crippen MR) is 141 cm³/mol. The van der Waals surface area contributed by atoms with Crippen LogP contribution in [0.2, 0.25) is 0 Å². The van der Waals surface area contributed by atoms with Crippen LogP contribution in [0, 0.1) is 0 Å². The van der Waals surface area contributed by atoms with Crippen LogP contribution in [0.25, 0.3) is 0 Å². The van der Waals surface area contributed by atoms with E-state index in [4.69, 9.17) is 0 Å². The minimum absolute atomic E-state index is 0.0360. The number of sulfone groups is 1. The van der Waals surface area contributed by atoms with Crippen LogP contribution < -0.4 is 10.6 Å². The molecule has 2 aromatic carbocycles. The van der Waals surface area contributed by atoms with E-state index in [1.165, 1.54) is 6.07 Å². The molecule has 0 bridgehead atoms. The minimum Gasteiger partial charge on any atom is -0.352 e. The molecule has 39 heavy (non-hydrogen) atoms. The fourth-order valence-electron chi connectivity index (χ4n) is 5.59. The molecule has 4 rings (SSSR count). The number of carbonyl (C=O) groups is 2. The van der Waals surface area contributed by atoms with Crippen molar-refractivity contribution in [2.24, 2.45) is 0 Å². The second-order valence-corrected chi connectivity index (χ2v) is 12.4. The van der Waals surface area contributed by atoms with Gasteiger partial charge in [0.1, 0.15) is 0 Å². The molecule has 1 saturated carbocycles. The second-order valence-electron chi connectivity index (χ2n) is 10.3. The van der Waals surface area contributed by atoms with Gasteiger partial charge in [0.2, 0.25) is 5.91 Å². The molecule has 2 N–H and O–H groups in total. The Morgan fingerprint density at radius 3 is 2.33 bits per heavy atom. The Balaban J connectivity index is 1.25. The van der Waals surface area contributed by atoms with Crippen LogP contribution in [0.5, 0.6) is 0 Å². The molecule has 1 heterocycles. The Labute approximate surface area is 227 Å². The Morgan fingerprint density at radius 1 is 0.923 bits per heavy atom. The summed E-state index contributed by atoms with van der Waals surface area (Å²) in [6.07, 6.45) is 1.42. The van der Waals surface area contributed by atoms with Gasteiger partial charge in [0.25, 0.3) is 5.91 Å². The molecule has 2 aliphatic rings. The zero-order valence-electron chi connectivity index (χ0n) is 21.6. The molecular weight excluding hydrogens is 531 g/mol. The van der Waals surface area contributed by atoms with Gasteiger partial charge in [-0.05, 0) is 75.4 Å². The number of halogens is 3. The van der Waals surface area contributed by atoms with Gasteiger partial charge in [-0.25, -0.2) is 8.42 Å². The molecule has 1 aliphatic heterocycles. The maximum absolute atomic E-state index is 13.0. The second kappa shape index (κ2) is 12.5. The molecule has 1 saturated heterocycles. The highest BCUT2D eigenvalue weighted by molar-refractivity contribution is 7.91. The Kier molecular flexibility index (Phi) is 9.32. The third-order valence-corrected chi connectivity index (χ3v) is 9.39. The van der Waals surface area contributed by atoms with Gasteiger partial charge in [0.05, 0.1) is 22.8 Å². The van der Waals surface area contributed by atoms with E-state index < -0.39 is 33.4 Å². The molecule has 0 aromatic heterocycles. The largest absolute Gasteiger partial charge is 0.416 e. The van der Waals surface area contributed by atoms with Gasteiger partial charge in [0.15, 0.2) is 9.84 Å². The van der Waals surface area contributed by atoms with Crippen molar-refractivity contribution in [1.82, 2.24) is 15.5 Å². The monoisotopic (exact) mass is 565 g/mol. The number of benzene rings is 2. The molecule has 11 heteroatoms. The zero-order valence-corrected chi connectivity index (χ0v) is 22.4. The SMILES string of the molecule is O=C(CNC(=O)c1cccc(C(F)(F)F)c1)NC1CCC(N2CCCCC2CS(=O)(=O)c2ccccc2)CC1. The van der Waals surface area contributed by atoms with Crippen molar-refractivity contribution in [2.75, 3.05) is 18.8 Å². The van der Waals surface area contributed by atoms with Crippen LogP contribution >= 0.6 is 0 Å². The van der Waals surface area contributed by atoms with Gasteiger partial charge in [-0.1, -0.05) is 30.7 Å². The maximum atomic E-state index is 13.0. The predicted octanol–water partition coefficient (Wildman–Crippen LogP) is 4.19. The highest BCUT2D eigenvalue weighted by Gasteiger charge is 2.35. The number of nitrogens with zero attached hydrogens (tertiary/aromatic N) is 1. The first-order chi connectivity index (χ1) is 18.5. The number of hydrogen-bond donors (Lipinski definition) is 2. The average molecular weight is 566 g/mol. The number of hydrogen-bond acceptors (Lipinski definition) is 5. The lowest BCUT2D eigenvalue weighted by atomic mass is 9.87. The van der Waals surface area contributed by atoms with E-state index in [2.05, 4.69) is 15.5 Å². The fraction of sp³-hybridized carbons (Fsp3) is 0.500. The van der Waals surface area contributed by atoms with Crippen LogP contribution in [0.1, 0.15) is 60.9 Å². The summed E-state index contributed by atoms with van der Waals surface area (Å²) in [5.74, 6) is -1.05. The Morgan fingerprint density at radius 2 is 1.64 bits per heavy atom. The van der Waals surface area contributed by atoms with Crippen molar-refractivity contribution in [3.63, 3.8) is 0 Å². The van der Waals surface area contributed by atoms with E-state index in [0.717, 1.165) is 69.7 Å². The van der Waals surface area contributed by atoms with Crippen molar-refractivity contribution in [2.45, 2.75) is 74.1 Å². The fourth-order valence-corrected chi connectivity index (χ4v) is 7.22. The van der Waals surface area contributed by atoms with Crippen molar-refractivity contribution in [3.05, 3.63) is 65.7 Å². The number of alkyl halides is 3. The van der Waals surface area contributed by atoms with E-state index in [1.54, 1.807) is 30.3 Å². The minimum atomic E-state index is -4.56. The van der Waals surface area contributed by atoms with E-state index in [0.29, 0.717) is 4.90 Å². The molecule has 1 aliphatic carbocycles. The van der Waals surface area contributed by atoms with Gasteiger partial charge in [-0.2, -0.15) is 13.2 Å². The molecule has 2 fully saturated rings. The summed E-state index contributed by atoms with van der Waals surface area (Å²) >= 11 is 0. The number of carbonyl (C=O) groups excluding carboxylic acids is 2. The van der Waals surface area contributed by atoms with E-state index >= 15 is 0 Å². The van der Waals surface area contributed by atoms with Gasteiger partial charge >= 0.3 is 6.18 Å². The summed E-state index contributed by atoms with van der Waals surface area (Å²) in [6.45, 7) is 0.527. The van der Waals surface area contributed by atoms with Crippen molar-refractivity contribution in [1.29, 1.82) is 0 Å². The molecule has 1 unspecified atom stereocenters. The Bertz CT molecular complexity index is 1250. The first kappa shape index (κ1) is 29.1. The Hall–Kier alpha value is -2.92. The highest BCUT2D eigenvalue weighted by Crippen LogP contribution is 2.31. The van der Waals surface area contributed by atoms with Crippen molar-refractivity contribution < 1.29 is 31.2 Å². The number of likely N-dealkylation sites (tertiary alicyclic amines) is 1. The van der Waals surface area contributed by atoms with Gasteiger partial charge in [-0.15, -0.1) is 0 Å². The van der Waals surface area contributed by atoms with Crippen molar-refractivity contribution in [3.8, 4) is 0 Å². The molecule has 0 spiro atoms. The first-order valence-corrected chi connectivity index (χ1v) is 15.0. The lowest BCUT2D eigenvalue weighted by Gasteiger charge is -2.44. The molecule has 0 radical (unpaired) electrons. The maximum Gasteiger partial charge on any atom is 0.416 e.